The van der Waals surface area contributed by atoms with E-state index < -0.39 is 49.2 Å². The van der Waals surface area contributed by atoms with Crippen LogP contribution in [0.5, 0.6) is 0 Å². The molecule has 13 heteroatoms. The van der Waals surface area contributed by atoms with E-state index in [1.165, 1.54) is 6.92 Å². The molecule has 4 atom stereocenters. The average molecular weight is 473 g/mol. The topological polar surface area (TPSA) is 156 Å². The highest BCUT2D eigenvalue weighted by atomic mass is 32.1. The Balaban J connectivity index is 1.93. The smallest absolute Gasteiger partial charge is 0.311 e. The Hall–Kier alpha value is -1.90. The van der Waals surface area contributed by atoms with Crippen LogP contribution in [-0.2, 0) is 14.0 Å². The van der Waals surface area contributed by atoms with Crippen molar-refractivity contribution in [3.63, 3.8) is 0 Å². The first-order valence-electron chi connectivity index (χ1n) is 9.81. The summed E-state index contributed by atoms with van der Waals surface area (Å²) in [6.45, 7) is 11.6. The predicted octanol–water partition coefficient (Wildman–Crippen LogP) is 0.746. The number of fused-ring (bicyclic) bond motifs is 1. The van der Waals surface area contributed by atoms with E-state index in [2.05, 4.69) is 49.1 Å². The molecule has 1 fully saturated rings. The highest BCUT2D eigenvalue weighted by Gasteiger charge is 2.47. The zero-order valence-electron chi connectivity index (χ0n) is 18.3. The van der Waals surface area contributed by atoms with Crippen LogP contribution < -0.4 is 15.7 Å². The molecule has 3 heterocycles. The zero-order valence-corrected chi connectivity index (χ0v) is 20.1. The van der Waals surface area contributed by atoms with Crippen molar-refractivity contribution in [2.75, 3.05) is 11.9 Å². The molecule has 0 aliphatic carbocycles. The van der Waals surface area contributed by atoms with Crippen LogP contribution in [0.4, 0.5) is 5.95 Å². The van der Waals surface area contributed by atoms with Crippen molar-refractivity contribution < 1.29 is 24.2 Å². The Morgan fingerprint density at radius 3 is 2.55 bits per heavy atom. The Bertz CT molecular complexity index is 1100. The number of H-pyrrole nitrogens is 1. The van der Waals surface area contributed by atoms with Gasteiger partial charge in [-0.3, -0.25) is 29.3 Å². The number of hydrogen-bond donors (Lipinski definition) is 4. The molecular weight excluding hydrogens is 444 g/mol. The Morgan fingerprint density at radius 1 is 1.32 bits per heavy atom. The lowest BCUT2D eigenvalue weighted by atomic mass is 10.1. The number of nitrogens with zero attached hydrogens (tertiary/aromatic N) is 2. The molecule has 0 aromatic carbocycles. The van der Waals surface area contributed by atoms with E-state index in [-0.39, 0.29) is 27.9 Å². The molecular formula is C18H28N4O7SSi. The van der Waals surface area contributed by atoms with Gasteiger partial charge in [-0.2, -0.15) is 4.98 Å². The molecule has 0 spiro atoms. The molecule has 172 valence electrons. The number of ether oxygens (including phenoxy) is 1. The normalized spacial score (nSPS) is 24.6. The van der Waals surface area contributed by atoms with Crippen molar-refractivity contribution in [1.29, 1.82) is 0 Å². The van der Waals surface area contributed by atoms with Crippen LogP contribution in [0.3, 0.4) is 0 Å². The number of rotatable bonds is 5. The van der Waals surface area contributed by atoms with Gasteiger partial charge in [0.2, 0.25) is 11.9 Å². The fourth-order valence-corrected chi connectivity index (χ4v) is 4.82. The van der Waals surface area contributed by atoms with E-state index in [9.17, 15) is 24.6 Å². The van der Waals surface area contributed by atoms with Crippen molar-refractivity contribution in [1.82, 2.24) is 14.5 Å². The van der Waals surface area contributed by atoms with Crippen molar-refractivity contribution in [3.05, 3.63) is 20.0 Å². The van der Waals surface area contributed by atoms with Crippen LogP contribution in [0.25, 0.3) is 10.3 Å². The summed E-state index contributed by atoms with van der Waals surface area (Å²) in [5, 5.41) is 23.4. The number of aliphatic hydroxyl groups is 2. The molecule has 1 aliphatic rings. The summed E-state index contributed by atoms with van der Waals surface area (Å²) in [5.74, 6) is -0.593. The third-order valence-electron chi connectivity index (χ3n) is 5.77. The quantitative estimate of drug-likeness (QED) is 0.465. The molecule has 0 saturated carbocycles. The summed E-state index contributed by atoms with van der Waals surface area (Å²) >= 11 is 0.637. The number of carbonyl (C=O) groups is 1. The van der Waals surface area contributed by atoms with E-state index >= 15 is 0 Å². The van der Waals surface area contributed by atoms with Gasteiger partial charge in [-0.15, -0.1) is 0 Å². The number of aliphatic hydroxyl groups excluding tert-OH is 2. The highest BCUT2D eigenvalue weighted by Crippen LogP contribution is 2.38. The lowest BCUT2D eigenvalue weighted by Gasteiger charge is -2.37. The number of anilines is 1. The van der Waals surface area contributed by atoms with Crippen LogP contribution in [0.2, 0.25) is 18.1 Å². The summed E-state index contributed by atoms with van der Waals surface area (Å²) in [5.41, 5.74) is -0.662. The Morgan fingerprint density at radius 2 is 1.97 bits per heavy atom. The van der Waals surface area contributed by atoms with Crippen LogP contribution in [-0.4, -0.2) is 63.9 Å². The number of thiazole rings is 1. The first-order chi connectivity index (χ1) is 14.2. The lowest BCUT2D eigenvalue weighted by molar-refractivity contribution is -0.114. The first-order valence-corrected chi connectivity index (χ1v) is 13.5. The maximum absolute atomic E-state index is 12.6. The van der Waals surface area contributed by atoms with Crippen molar-refractivity contribution >= 4 is 41.9 Å². The van der Waals surface area contributed by atoms with Crippen LogP contribution >= 0.6 is 11.3 Å². The molecule has 2 aromatic rings. The minimum atomic E-state index is -2.13. The van der Waals surface area contributed by atoms with Crippen LogP contribution in [0.1, 0.15) is 33.9 Å². The Kier molecular flexibility index (Phi) is 6.30. The number of aromatic nitrogens is 3. The van der Waals surface area contributed by atoms with Gasteiger partial charge in [0.05, 0.1) is 6.61 Å². The van der Waals surface area contributed by atoms with Gasteiger partial charge < -0.3 is 19.4 Å². The van der Waals surface area contributed by atoms with Crippen LogP contribution in [0, 0.1) is 0 Å². The SMILES string of the molecule is CC(=O)Nc1nc2c(sc(=O)n2[C@@H]2O[C@H](CO[Si](C)(C)C(C)(C)C)[C@@H](O)[C@H]2O)c(=O)[nH]1. The molecule has 31 heavy (non-hydrogen) atoms. The van der Waals surface area contributed by atoms with Crippen molar-refractivity contribution in [2.24, 2.45) is 0 Å². The van der Waals surface area contributed by atoms with E-state index in [0.29, 0.717) is 11.3 Å². The largest absolute Gasteiger partial charge is 0.414 e. The fraction of sp³-hybridized carbons (Fsp3) is 0.667. The second-order valence-corrected chi connectivity index (χ2v) is 14.9. The maximum Gasteiger partial charge on any atom is 0.311 e. The standard InChI is InChI=1S/C18H28N4O7SSi/c1-8(23)19-16-20-13-12(14(26)21-16)30-17(27)22(13)15-11(25)10(24)9(29-15)7-28-31(5,6)18(2,3)4/h9-11,15,24-25H,7H2,1-6H3,(H2,19,20,21,23,26)/t9-,10-,11-,15-/m1/s1. The maximum atomic E-state index is 12.6. The predicted molar refractivity (Wildman–Crippen MR) is 118 cm³/mol. The Labute approximate surface area is 183 Å². The minimum Gasteiger partial charge on any atom is -0.414 e. The minimum absolute atomic E-state index is 0.0189. The lowest BCUT2D eigenvalue weighted by Crippen LogP contribution is -2.44. The van der Waals surface area contributed by atoms with Crippen molar-refractivity contribution in [3.8, 4) is 0 Å². The summed E-state index contributed by atoms with van der Waals surface area (Å²) in [4.78, 5) is 42.2. The third-order valence-corrected chi connectivity index (χ3v) is 11.2. The summed E-state index contributed by atoms with van der Waals surface area (Å²) in [7, 11) is -2.13. The molecule has 1 saturated heterocycles. The van der Waals surface area contributed by atoms with Gasteiger partial charge in [0, 0.05) is 6.92 Å². The average Bonchev–Trinajstić information content (AvgIpc) is 3.09. The first kappa shape index (κ1) is 23.8. The molecule has 0 bridgehead atoms. The van der Waals surface area contributed by atoms with E-state index in [1.54, 1.807) is 0 Å². The van der Waals surface area contributed by atoms with Gasteiger partial charge in [0.15, 0.2) is 20.2 Å². The monoisotopic (exact) mass is 472 g/mol. The molecule has 11 nitrogen and oxygen atoms in total. The van der Waals surface area contributed by atoms with E-state index in [4.69, 9.17) is 9.16 Å². The fourth-order valence-electron chi connectivity index (χ4n) is 2.97. The van der Waals surface area contributed by atoms with E-state index in [0.717, 1.165) is 4.57 Å². The second kappa shape index (κ2) is 8.22. The zero-order chi connectivity index (χ0) is 23.3. The summed E-state index contributed by atoms with van der Waals surface area (Å²) in [6, 6.07) is 0. The van der Waals surface area contributed by atoms with Crippen LogP contribution in [0.15, 0.2) is 9.59 Å². The molecule has 0 unspecified atom stereocenters. The summed E-state index contributed by atoms with van der Waals surface area (Å²) in [6.07, 6.45) is -4.86. The van der Waals surface area contributed by atoms with Gasteiger partial charge in [-0.05, 0) is 18.1 Å². The number of aromatic amines is 1. The van der Waals surface area contributed by atoms with Gasteiger partial charge in [-0.25, -0.2) is 0 Å². The van der Waals surface area contributed by atoms with Gasteiger partial charge in [0.1, 0.15) is 23.0 Å². The molecule has 1 aliphatic heterocycles. The number of hydrogen-bond acceptors (Lipinski definition) is 9. The molecule has 2 aromatic heterocycles. The molecule has 1 amide bonds. The number of nitrogens with one attached hydrogen (secondary N) is 2. The van der Waals surface area contributed by atoms with Gasteiger partial charge in [-0.1, -0.05) is 32.1 Å². The number of amides is 1. The van der Waals surface area contributed by atoms with Gasteiger partial charge in [0.25, 0.3) is 5.56 Å². The summed E-state index contributed by atoms with van der Waals surface area (Å²) < 4.78 is 13.0. The molecule has 0 radical (unpaired) electrons. The second-order valence-electron chi connectivity index (χ2n) is 9.10. The number of carbonyl (C=O) groups excluding carboxylic acids is 1. The van der Waals surface area contributed by atoms with Gasteiger partial charge >= 0.3 is 4.87 Å². The van der Waals surface area contributed by atoms with E-state index in [1.807, 2.05) is 0 Å². The molecule has 3 rings (SSSR count). The van der Waals surface area contributed by atoms with Crippen molar-refractivity contribution in [2.45, 2.75) is 70.4 Å². The third kappa shape index (κ3) is 4.52. The highest BCUT2D eigenvalue weighted by molar-refractivity contribution is 7.16. The molecule has 4 N–H and O–H groups in total.